The zero-order valence-corrected chi connectivity index (χ0v) is 15.8. The van der Waals surface area contributed by atoms with Gasteiger partial charge in [0.25, 0.3) is 11.5 Å². The number of nitrogens with one attached hydrogen (secondary N) is 2. The smallest absolute Gasteiger partial charge is 0.273 e. The first-order valence-corrected chi connectivity index (χ1v) is 9.53. The Balaban J connectivity index is 1.40. The summed E-state index contributed by atoms with van der Waals surface area (Å²) in [5, 5.41) is 15.5. The number of aromatic nitrogens is 4. The van der Waals surface area contributed by atoms with Crippen molar-refractivity contribution in [2.24, 2.45) is 7.05 Å². The molecular weight excluding hydrogens is 366 g/mol. The molecule has 2 N–H and O–H groups in total. The number of aryl methyl sites for hydroxylation is 1. The van der Waals surface area contributed by atoms with Crippen LogP contribution in [0.1, 0.15) is 34.9 Å². The Labute approximate surface area is 166 Å². The topological polar surface area (TPSA) is 92.7 Å². The lowest BCUT2D eigenvalue weighted by atomic mass is 10.0. The number of aromatic amines is 1. The quantitative estimate of drug-likeness (QED) is 0.563. The number of hydrogen-bond acceptors (Lipinski definition) is 4. The molecule has 0 unspecified atom stereocenters. The number of anilines is 1. The maximum atomic E-state index is 12.6. The van der Waals surface area contributed by atoms with Crippen LogP contribution >= 0.6 is 0 Å². The van der Waals surface area contributed by atoms with E-state index in [4.69, 9.17) is 0 Å². The molecule has 0 bridgehead atoms. The minimum absolute atomic E-state index is 0.188. The van der Waals surface area contributed by atoms with Crippen LogP contribution in [0.3, 0.4) is 0 Å². The maximum absolute atomic E-state index is 12.6. The Bertz CT molecular complexity index is 1280. The summed E-state index contributed by atoms with van der Waals surface area (Å²) in [5.41, 5.74) is 3.55. The van der Waals surface area contributed by atoms with Gasteiger partial charge in [-0.3, -0.25) is 14.3 Å². The lowest BCUT2D eigenvalue weighted by Crippen LogP contribution is -2.16. The van der Waals surface area contributed by atoms with Crippen LogP contribution in [0.5, 0.6) is 0 Å². The minimum atomic E-state index is -0.213. The average molecular weight is 385 g/mol. The Morgan fingerprint density at radius 1 is 1.10 bits per heavy atom. The van der Waals surface area contributed by atoms with Crippen molar-refractivity contribution in [1.29, 1.82) is 0 Å². The monoisotopic (exact) mass is 385 g/mol. The van der Waals surface area contributed by atoms with Crippen molar-refractivity contribution >= 4 is 22.4 Å². The molecule has 4 aromatic rings. The van der Waals surface area contributed by atoms with Crippen LogP contribution in [0, 0.1) is 0 Å². The van der Waals surface area contributed by atoms with Gasteiger partial charge in [-0.05, 0) is 37.1 Å². The molecule has 29 heavy (non-hydrogen) atoms. The molecule has 0 aliphatic heterocycles. The zero-order valence-electron chi connectivity index (χ0n) is 15.8. The van der Waals surface area contributed by atoms with E-state index in [-0.39, 0.29) is 11.5 Å². The van der Waals surface area contributed by atoms with Gasteiger partial charge in [-0.15, -0.1) is 0 Å². The molecule has 2 aromatic heterocycles. The normalized spacial score (nSPS) is 13.6. The van der Waals surface area contributed by atoms with Gasteiger partial charge in [-0.1, -0.05) is 30.3 Å². The molecule has 144 valence electrons. The van der Waals surface area contributed by atoms with Crippen molar-refractivity contribution in [2.45, 2.75) is 18.8 Å². The first kappa shape index (κ1) is 17.4. The average Bonchev–Trinajstić information content (AvgIpc) is 3.51. The molecule has 5 rings (SSSR count). The molecule has 0 radical (unpaired) electrons. The van der Waals surface area contributed by atoms with E-state index < -0.39 is 0 Å². The molecular formula is C22H19N5O2. The first-order valence-electron chi connectivity index (χ1n) is 9.53. The molecule has 2 heterocycles. The Morgan fingerprint density at radius 3 is 2.55 bits per heavy atom. The predicted octanol–water partition coefficient (Wildman–Crippen LogP) is 3.45. The van der Waals surface area contributed by atoms with Gasteiger partial charge in [-0.25, -0.2) is 5.10 Å². The SMILES string of the molecule is Cn1nc(C2CC2)cc1C(=O)Nc1ccc(-c2n[nH]c(=O)c3ccccc23)cc1. The van der Waals surface area contributed by atoms with Crippen LogP contribution in [0.4, 0.5) is 5.69 Å². The standard InChI is InChI=1S/C22H19N5O2/c1-27-19(12-18(26-27)13-6-7-13)22(29)23-15-10-8-14(9-11-15)20-16-4-2-3-5-17(16)21(28)25-24-20/h2-5,8-13H,6-7H2,1H3,(H,23,29)(H,25,28). The second kappa shape index (κ2) is 6.70. The number of nitrogens with zero attached hydrogens (tertiary/aromatic N) is 3. The van der Waals surface area contributed by atoms with Gasteiger partial charge in [0.05, 0.1) is 16.8 Å². The van der Waals surface area contributed by atoms with Crippen molar-refractivity contribution in [3.63, 3.8) is 0 Å². The molecule has 0 saturated heterocycles. The van der Waals surface area contributed by atoms with Crippen LogP contribution in [0.25, 0.3) is 22.0 Å². The van der Waals surface area contributed by atoms with Crippen molar-refractivity contribution < 1.29 is 4.79 Å². The van der Waals surface area contributed by atoms with Gasteiger partial charge < -0.3 is 5.32 Å². The van der Waals surface area contributed by atoms with Crippen LogP contribution in [-0.2, 0) is 7.05 Å². The maximum Gasteiger partial charge on any atom is 0.273 e. The minimum Gasteiger partial charge on any atom is -0.321 e. The zero-order chi connectivity index (χ0) is 20.0. The lowest BCUT2D eigenvalue weighted by Gasteiger charge is -2.08. The molecule has 7 nitrogen and oxygen atoms in total. The van der Waals surface area contributed by atoms with E-state index >= 15 is 0 Å². The van der Waals surface area contributed by atoms with Crippen LogP contribution in [-0.4, -0.2) is 25.9 Å². The molecule has 1 fully saturated rings. The summed E-state index contributed by atoms with van der Waals surface area (Å²) in [4.78, 5) is 24.6. The van der Waals surface area contributed by atoms with E-state index in [1.54, 1.807) is 17.8 Å². The van der Waals surface area contributed by atoms with Gasteiger partial charge in [-0.2, -0.15) is 10.2 Å². The van der Waals surface area contributed by atoms with E-state index in [2.05, 4.69) is 20.6 Å². The van der Waals surface area contributed by atoms with Gasteiger partial charge in [0.2, 0.25) is 0 Å². The summed E-state index contributed by atoms with van der Waals surface area (Å²) in [7, 11) is 1.79. The van der Waals surface area contributed by atoms with Crippen molar-refractivity contribution in [2.75, 3.05) is 5.32 Å². The highest BCUT2D eigenvalue weighted by molar-refractivity contribution is 6.03. The van der Waals surface area contributed by atoms with Crippen molar-refractivity contribution in [1.82, 2.24) is 20.0 Å². The first-order chi connectivity index (χ1) is 14.1. The summed E-state index contributed by atoms with van der Waals surface area (Å²) < 4.78 is 1.63. The summed E-state index contributed by atoms with van der Waals surface area (Å²) >= 11 is 0. The van der Waals surface area contributed by atoms with Crippen LogP contribution in [0.2, 0.25) is 0 Å². The van der Waals surface area contributed by atoms with Gasteiger partial charge >= 0.3 is 0 Å². The fraction of sp³-hybridized carbons (Fsp3) is 0.182. The molecule has 0 atom stereocenters. The Kier molecular flexibility index (Phi) is 4.01. The highest BCUT2D eigenvalue weighted by Gasteiger charge is 2.28. The van der Waals surface area contributed by atoms with Gasteiger partial charge in [0, 0.05) is 29.6 Å². The van der Waals surface area contributed by atoms with E-state index in [9.17, 15) is 9.59 Å². The van der Waals surface area contributed by atoms with E-state index in [1.165, 1.54) is 0 Å². The predicted molar refractivity (Wildman–Crippen MR) is 111 cm³/mol. The second-order valence-corrected chi connectivity index (χ2v) is 7.33. The number of carbonyl (C=O) groups is 1. The second-order valence-electron chi connectivity index (χ2n) is 7.33. The highest BCUT2D eigenvalue weighted by Crippen LogP contribution is 2.39. The number of hydrogen-bond donors (Lipinski definition) is 2. The van der Waals surface area contributed by atoms with Crippen molar-refractivity contribution in [3.05, 3.63) is 76.3 Å². The lowest BCUT2D eigenvalue weighted by molar-refractivity contribution is 0.101. The van der Waals surface area contributed by atoms with Crippen LogP contribution < -0.4 is 10.9 Å². The van der Waals surface area contributed by atoms with E-state index in [0.29, 0.717) is 28.4 Å². The molecule has 1 saturated carbocycles. The molecule has 1 aliphatic rings. The number of H-pyrrole nitrogens is 1. The highest BCUT2D eigenvalue weighted by atomic mass is 16.2. The fourth-order valence-electron chi connectivity index (χ4n) is 3.52. The third-order valence-electron chi connectivity index (χ3n) is 5.24. The molecule has 2 aromatic carbocycles. The molecule has 1 aliphatic carbocycles. The number of carbonyl (C=O) groups excluding carboxylic acids is 1. The summed E-state index contributed by atoms with van der Waals surface area (Å²) in [6.45, 7) is 0. The number of rotatable bonds is 4. The number of fused-ring (bicyclic) bond motifs is 1. The molecule has 0 spiro atoms. The third kappa shape index (κ3) is 3.20. The Morgan fingerprint density at radius 2 is 1.83 bits per heavy atom. The third-order valence-corrected chi connectivity index (χ3v) is 5.24. The largest absolute Gasteiger partial charge is 0.321 e. The van der Waals surface area contributed by atoms with Crippen LogP contribution in [0.15, 0.2) is 59.4 Å². The van der Waals surface area contributed by atoms with Gasteiger partial charge in [0.15, 0.2) is 0 Å². The summed E-state index contributed by atoms with van der Waals surface area (Å²) in [5.74, 6) is 0.314. The van der Waals surface area contributed by atoms with E-state index in [0.717, 1.165) is 29.5 Å². The molecule has 1 amide bonds. The van der Waals surface area contributed by atoms with Gasteiger partial charge in [0.1, 0.15) is 5.69 Å². The summed E-state index contributed by atoms with van der Waals surface area (Å²) in [6.07, 6.45) is 2.29. The summed E-state index contributed by atoms with van der Waals surface area (Å²) in [6, 6.07) is 16.6. The fourth-order valence-corrected chi connectivity index (χ4v) is 3.52. The number of amides is 1. The van der Waals surface area contributed by atoms with E-state index in [1.807, 2.05) is 48.5 Å². The molecule has 7 heteroatoms. The number of benzene rings is 2. The Hall–Kier alpha value is -3.74. The van der Waals surface area contributed by atoms with Crippen molar-refractivity contribution in [3.8, 4) is 11.3 Å².